The molecule has 0 saturated carbocycles. The molecule has 0 aromatic heterocycles. The topological polar surface area (TPSA) is 33.7 Å². The van der Waals surface area contributed by atoms with Crippen LogP contribution in [0.3, 0.4) is 0 Å². The normalized spacial score (nSPS) is 40.6. The monoisotopic (exact) mass is 222 g/mol. The van der Waals surface area contributed by atoms with Crippen LogP contribution in [0.25, 0.3) is 0 Å². The molecule has 0 aromatic rings. The quantitative estimate of drug-likeness (QED) is 0.723. The van der Waals surface area contributed by atoms with E-state index < -0.39 is 0 Å². The number of fused-ring (bicyclic) bond motifs is 2. The highest BCUT2D eigenvalue weighted by molar-refractivity contribution is 5.17. The molecule has 1 unspecified atom stereocenters. The van der Waals surface area contributed by atoms with Crippen molar-refractivity contribution in [2.24, 2.45) is 5.92 Å². The number of ether oxygens (including phenoxy) is 1. The van der Waals surface area contributed by atoms with Crippen LogP contribution in [-0.4, -0.2) is 36.7 Å². The molecular formula is C12H18N2O2. The maximum absolute atomic E-state index is 5.78. The van der Waals surface area contributed by atoms with Gasteiger partial charge in [-0.15, -0.1) is 0 Å². The standard InChI is InChI=1S/C12H18N2O2/c1-2-7-15-11-8-12(16-13-11)9-14-5-3-10(12)4-6-14/h2,8,10,13H,1,3-7,9H2. The van der Waals surface area contributed by atoms with Gasteiger partial charge in [-0.1, -0.05) is 12.7 Å². The first-order valence-corrected chi connectivity index (χ1v) is 5.95. The smallest absolute Gasteiger partial charge is 0.210 e. The molecule has 4 aliphatic rings. The Morgan fingerprint density at radius 1 is 1.62 bits per heavy atom. The molecule has 16 heavy (non-hydrogen) atoms. The molecule has 4 aliphatic heterocycles. The zero-order valence-corrected chi connectivity index (χ0v) is 9.45. The van der Waals surface area contributed by atoms with Crippen molar-refractivity contribution in [1.29, 1.82) is 0 Å². The molecule has 0 radical (unpaired) electrons. The van der Waals surface area contributed by atoms with Crippen molar-refractivity contribution >= 4 is 0 Å². The van der Waals surface area contributed by atoms with Gasteiger partial charge in [0.2, 0.25) is 5.88 Å². The summed E-state index contributed by atoms with van der Waals surface area (Å²) in [4.78, 5) is 8.25. The summed E-state index contributed by atoms with van der Waals surface area (Å²) in [5, 5.41) is 0. The fourth-order valence-corrected chi connectivity index (χ4v) is 2.98. The third-order valence-corrected chi connectivity index (χ3v) is 3.82. The van der Waals surface area contributed by atoms with Crippen LogP contribution in [0.15, 0.2) is 24.6 Å². The molecular weight excluding hydrogens is 204 g/mol. The van der Waals surface area contributed by atoms with Crippen LogP contribution >= 0.6 is 0 Å². The number of piperidine rings is 3. The van der Waals surface area contributed by atoms with Gasteiger partial charge in [-0.2, -0.15) is 0 Å². The van der Waals surface area contributed by atoms with E-state index in [2.05, 4.69) is 23.0 Å². The van der Waals surface area contributed by atoms with E-state index >= 15 is 0 Å². The Kier molecular flexibility index (Phi) is 2.41. The number of nitrogens with one attached hydrogen (secondary N) is 1. The van der Waals surface area contributed by atoms with Crippen molar-refractivity contribution in [3.05, 3.63) is 24.6 Å². The Bertz CT molecular complexity index is 321. The lowest BCUT2D eigenvalue weighted by atomic mass is 9.75. The zero-order valence-electron chi connectivity index (χ0n) is 9.45. The second-order valence-electron chi connectivity index (χ2n) is 4.82. The lowest BCUT2D eigenvalue weighted by Crippen LogP contribution is -2.58. The maximum atomic E-state index is 5.78. The third kappa shape index (κ3) is 1.53. The third-order valence-electron chi connectivity index (χ3n) is 3.82. The Morgan fingerprint density at radius 3 is 3.06 bits per heavy atom. The van der Waals surface area contributed by atoms with E-state index in [0.29, 0.717) is 12.5 Å². The Balaban J connectivity index is 1.75. The predicted molar refractivity (Wildman–Crippen MR) is 60.3 cm³/mol. The molecule has 4 nitrogen and oxygen atoms in total. The van der Waals surface area contributed by atoms with E-state index in [1.54, 1.807) is 6.08 Å². The Labute approximate surface area is 95.8 Å². The number of hydrogen-bond acceptors (Lipinski definition) is 4. The SMILES string of the molecule is C=CCOC1=CC2(CN3CCC2CC3)ON1. The highest BCUT2D eigenvalue weighted by Gasteiger charge is 2.50. The van der Waals surface area contributed by atoms with E-state index in [9.17, 15) is 0 Å². The molecule has 1 atom stereocenters. The van der Waals surface area contributed by atoms with E-state index in [0.717, 1.165) is 12.4 Å². The molecule has 1 spiro atoms. The van der Waals surface area contributed by atoms with Crippen molar-refractivity contribution in [3.8, 4) is 0 Å². The summed E-state index contributed by atoms with van der Waals surface area (Å²) in [6, 6.07) is 0. The van der Waals surface area contributed by atoms with Crippen molar-refractivity contribution in [3.63, 3.8) is 0 Å². The summed E-state index contributed by atoms with van der Waals surface area (Å²) in [5.41, 5.74) is 2.76. The highest BCUT2D eigenvalue weighted by Crippen LogP contribution is 2.41. The summed E-state index contributed by atoms with van der Waals surface area (Å²) in [5.74, 6) is 1.38. The molecule has 3 fully saturated rings. The van der Waals surface area contributed by atoms with Crippen LogP contribution in [0.2, 0.25) is 0 Å². The predicted octanol–water partition coefficient (Wildman–Crippen LogP) is 1.03. The van der Waals surface area contributed by atoms with E-state index in [4.69, 9.17) is 9.57 Å². The van der Waals surface area contributed by atoms with Crippen molar-refractivity contribution in [2.45, 2.75) is 18.4 Å². The summed E-state index contributed by atoms with van der Waals surface area (Å²) in [6.45, 7) is 7.58. The summed E-state index contributed by atoms with van der Waals surface area (Å²) >= 11 is 0. The molecule has 0 aliphatic carbocycles. The molecule has 4 rings (SSSR count). The Morgan fingerprint density at radius 2 is 2.44 bits per heavy atom. The van der Waals surface area contributed by atoms with Gasteiger partial charge in [-0.05, 0) is 31.8 Å². The Hall–Kier alpha value is -1.00. The molecule has 88 valence electrons. The number of rotatable bonds is 3. The van der Waals surface area contributed by atoms with Crippen molar-refractivity contribution in [1.82, 2.24) is 10.4 Å². The summed E-state index contributed by atoms with van der Waals surface area (Å²) in [6.07, 6.45) is 6.32. The lowest BCUT2D eigenvalue weighted by Gasteiger charge is -2.48. The first-order chi connectivity index (χ1) is 7.82. The maximum Gasteiger partial charge on any atom is 0.210 e. The van der Waals surface area contributed by atoms with Gasteiger partial charge in [0, 0.05) is 12.6 Å². The molecule has 3 saturated heterocycles. The largest absolute Gasteiger partial charge is 0.474 e. The molecule has 0 amide bonds. The molecule has 2 bridgehead atoms. The van der Waals surface area contributed by atoms with Crippen LogP contribution < -0.4 is 5.48 Å². The van der Waals surface area contributed by atoms with Gasteiger partial charge in [-0.25, -0.2) is 5.48 Å². The molecule has 1 N–H and O–H groups in total. The fourth-order valence-electron chi connectivity index (χ4n) is 2.98. The highest BCUT2D eigenvalue weighted by atomic mass is 16.7. The first kappa shape index (κ1) is 10.2. The van der Waals surface area contributed by atoms with Gasteiger partial charge in [0.25, 0.3) is 0 Å². The summed E-state index contributed by atoms with van der Waals surface area (Å²) < 4.78 is 5.48. The molecule has 4 heteroatoms. The molecule has 0 aromatic carbocycles. The fraction of sp³-hybridized carbons (Fsp3) is 0.667. The number of hydroxylamine groups is 1. The van der Waals surface area contributed by atoms with Crippen molar-refractivity contribution < 1.29 is 9.57 Å². The molecule has 4 heterocycles. The first-order valence-electron chi connectivity index (χ1n) is 5.95. The van der Waals surface area contributed by atoms with Crippen molar-refractivity contribution in [2.75, 3.05) is 26.2 Å². The minimum Gasteiger partial charge on any atom is -0.474 e. The lowest BCUT2D eigenvalue weighted by molar-refractivity contribution is -0.142. The second-order valence-corrected chi connectivity index (χ2v) is 4.82. The second kappa shape index (κ2) is 3.79. The number of hydrogen-bond donors (Lipinski definition) is 1. The average molecular weight is 222 g/mol. The van der Waals surface area contributed by atoms with Gasteiger partial charge >= 0.3 is 0 Å². The van der Waals surface area contributed by atoms with Gasteiger partial charge < -0.3 is 4.74 Å². The van der Waals surface area contributed by atoms with Crippen LogP contribution in [0, 0.1) is 5.92 Å². The van der Waals surface area contributed by atoms with E-state index in [1.807, 2.05) is 0 Å². The van der Waals surface area contributed by atoms with Crippen LogP contribution in [0.1, 0.15) is 12.8 Å². The van der Waals surface area contributed by atoms with Gasteiger partial charge in [0.15, 0.2) is 0 Å². The van der Waals surface area contributed by atoms with Crippen LogP contribution in [0.4, 0.5) is 0 Å². The average Bonchev–Trinajstić information content (AvgIpc) is 2.71. The summed E-state index contributed by atoms with van der Waals surface area (Å²) in [7, 11) is 0. The van der Waals surface area contributed by atoms with Gasteiger partial charge in [0.05, 0.1) is 0 Å². The minimum atomic E-state index is -0.146. The zero-order chi connectivity index (χ0) is 11.0. The number of nitrogens with zero attached hydrogens (tertiary/aromatic N) is 1. The van der Waals surface area contributed by atoms with Gasteiger partial charge in [-0.3, -0.25) is 9.74 Å². The van der Waals surface area contributed by atoms with Crippen LogP contribution in [0.5, 0.6) is 0 Å². The van der Waals surface area contributed by atoms with E-state index in [1.165, 1.54) is 25.9 Å². The van der Waals surface area contributed by atoms with Crippen LogP contribution in [-0.2, 0) is 9.57 Å². The minimum absolute atomic E-state index is 0.146. The van der Waals surface area contributed by atoms with Gasteiger partial charge in [0.1, 0.15) is 12.2 Å². The van der Waals surface area contributed by atoms with E-state index in [-0.39, 0.29) is 5.60 Å².